The Morgan fingerprint density at radius 1 is 0.829 bits per heavy atom. The molecule has 0 aliphatic rings. The molecule has 0 aliphatic heterocycles. The summed E-state index contributed by atoms with van der Waals surface area (Å²) in [5.74, 6) is 0.159. The maximum Gasteiger partial charge on any atom is 0.341 e. The van der Waals surface area contributed by atoms with Crippen molar-refractivity contribution in [3.05, 3.63) is 103 Å². The Labute approximate surface area is 252 Å². The van der Waals surface area contributed by atoms with Crippen molar-refractivity contribution in [2.75, 3.05) is 18.9 Å². The largest absolute Gasteiger partial charge is 0.507 e. The predicted molar refractivity (Wildman–Crippen MR) is 175 cm³/mol. The third kappa shape index (κ3) is 19.5. The second kappa shape index (κ2) is 25.7. The number of phenols is 1. The van der Waals surface area contributed by atoms with E-state index in [1.165, 1.54) is 12.1 Å². The van der Waals surface area contributed by atoms with Gasteiger partial charge in [0.25, 0.3) is 0 Å². The number of amides is 1. The maximum atomic E-state index is 12.4. The number of allylic oxidation sites excluding steroid dienone is 12. The molecule has 0 fully saturated rings. The second-order valence-electron chi connectivity index (χ2n) is 9.27. The number of ether oxygens (including phenoxy) is 1. The normalized spacial score (nSPS) is 13.0. The Morgan fingerprint density at radius 3 is 1.90 bits per heavy atom. The summed E-state index contributed by atoms with van der Waals surface area (Å²) in [5.41, 5.74) is 0.118. The number of hydrogen-bond acceptors (Lipinski definition) is 5. The van der Waals surface area contributed by atoms with E-state index in [1.807, 2.05) is 6.92 Å². The number of carbonyl (C=O) groups is 2. The Morgan fingerprint density at radius 2 is 1.37 bits per heavy atom. The Hall–Kier alpha value is -3.25. The molecule has 6 heteroatoms. The average Bonchev–Trinajstić information content (AvgIpc) is 2.98. The summed E-state index contributed by atoms with van der Waals surface area (Å²) in [6.45, 7) is 4.45. The van der Waals surface area contributed by atoms with E-state index in [0.717, 1.165) is 63.5 Å². The van der Waals surface area contributed by atoms with E-state index >= 15 is 0 Å². The maximum absolute atomic E-state index is 12.4. The number of unbranched alkanes of at least 4 members (excludes halogenated alkanes) is 1. The zero-order valence-corrected chi connectivity index (χ0v) is 25.7. The molecule has 41 heavy (non-hydrogen) atoms. The minimum atomic E-state index is -0.604. The van der Waals surface area contributed by atoms with Crippen LogP contribution in [0.5, 0.6) is 5.75 Å². The van der Waals surface area contributed by atoms with Gasteiger partial charge in [-0.2, -0.15) is 0 Å². The molecule has 224 valence electrons. The highest BCUT2D eigenvalue weighted by Gasteiger charge is 2.16. The van der Waals surface area contributed by atoms with Crippen LogP contribution in [0.3, 0.4) is 0 Å². The Bertz CT molecular complexity index is 1020. The first-order valence-electron chi connectivity index (χ1n) is 14.8. The number of benzene rings is 1. The zero-order valence-electron chi connectivity index (χ0n) is 24.9. The molecule has 1 rings (SSSR count). The number of aromatic hydroxyl groups is 1. The Kier molecular flexibility index (Phi) is 22.4. The molecular formula is C35H49NO4S. The van der Waals surface area contributed by atoms with Gasteiger partial charge in [0.05, 0.1) is 11.8 Å². The molecule has 5 nitrogen and oxygen atoms in total. The van der Waals surface area contributed by atoms with Crippen LogP contribution in [-0.2, 0) is 9.53 Å². The molecule has 0 radical (unpaired) electrons. The number of phenolic OH excluding ortho intramolecular Hbond substituents is 1. The van der Waals surface area contributed by atoms with E-state index in [1.54, 1.807) is 23.9 Å². The molecule has 1 aromatic carbocycles. The van der Waals surface area contributed by atoms with Crippen molar-refractivity contribution in [3.8, 4) is 5.75 Å². The van der Waals surface area contributed by atoms with Crippen molar-refractivity contribution in [1.29, 1.82) is 0 Å². The van der Waals surface area contributed by atoms with Gasteiger partial charge >= 0.3 is 5.97 Å². The molecule has 1 atom stereocenters. The molecular weight excluding hydrogens is 530 g/mol. The lowest BCUT2D eigenvalue weighted by Gasteiger charge is -2.14. The first-order valence-corrected chi connectivity index (χ1v) is 15.9. The van der Waals surface area contributed by atoms with Crippen molar-refractivity contribution >= 4 is 23.6 Å². The monoisotopic (exact) mass is 579 g/mol. The minimum absolute atomic E-state index is 0.0370. The van der Waals surface area contributed by atoms with Crippen LogP contribution in [0, 0.1) is 0 Å². The first-order chi connectivity index (χ1) is 20.1. The summed E-state index contributed by atoms with van der Waals surface area (Å²) in [4.78, 5) is 24.4. The Balaban J connectivity index is 2.05. The van der Waals surface area contributed by atoms with Crippen LogP contribution >= 0.6 is 11.8 Å². The van der Waals surface area contributed by atoms with Crippen molar-refractivity contribution in [2.45, 2.75) is 76.9 Å². The number of nitrogens with one attached hydrogen (secondary N) is 1. The van der Waals surface area contributed by atoms with Crippen LogP contribution < -0.4 is 5.32 Å². The van der Waals surface area contributed by atoms with Gasteiger partial charge in [0.15, 0.2) is 0 Å². The molecule has 0 aromatic heterocycles. The van der Waals surface area contributed by atoms with Gasteiger partial charge in [-0.05, 0) is 75.7 Å². The molecule has 1 aromatic rings. The quantitative estimate of drug-likeness (QED) is 0.0817. The molecule has 0 spiro atoms. The third-order valence-electron chi connectivity index (χ3n) is 5.85. The number of hydrogen-bond donors (Lipinski definition) is 2. The van der Waals surface area contributed by atoms with Crippen LogP contribution in [0.1, 0.15) is 82.0 Å². The SMILES string of the molecule is CC/C=C\C/C=C\C/C=C\C/C=C\C/C=C\C/C=C\CCCSC(CC)C(=O)NCCOC(=O)c1ccccc1O. The summed E-state index contributed by atoms with van der Waals surface area (Å²) < 4.78 is 5.14. The van der Waals surface area contributed by atoms with Gasteiger partial charge in [-0.3, -0.25) is 4.79 Å². The van der Waals surface area contributed by atoms with Crippen LogP contribution in [-0.4, -0.2) is 41.1 Å². The van der Waals surface area contributed by atoms with Crippen molar-refractivity contribution in [3.63, 3.8) is 0 Å². The van der Waals surface area contributed by atoms with E-state index < -0.39 is 5.97 Å². The van der Waals surface area contributed by atoms with E-state index in [4.69, 9.17) is 4.74 Å². The summed E-state index contributed by atoms with van der Waals surface area (Å²) in [6.07, 6.45) is 35.2. The highest BCUT2D eigenvalue weighted by Crippen LogP contribution is 2.18. The molecule has 1 unspecified atom stereocenters. The van der Waals surface area contributed by atoms with Gasteiger partial charge in [-0.1, -0.05) is 98.9 Å². The molecule has 0 bridgehead atoms. The van der Waals surface area contributed by atoms with Crippen LogP contribution in [0.25, 0.3) is 0 Å². The van der Waals surface area contributed by atoms with Crippen LogP contribution in [0.2, 0.25) is 0 Å². The van der Waals surface area contributed by atoms with Gasteiger partial charge in [-0.15, -0.1) is 11.8 Å². The van der Waals surface area contributed by atoms with Crippen molar-refractivity contribution in [1.82, 2.24) is 5.32 Å². The lowest BCUT2D eigenvalue weighted by Crippen LogP contribution is -2.35. The van der Waals surface area contributed by atoms with Crippen molar-refractivity contribution < 1.29 is 19.4 Å². The predicted octanol–water partition coefficient (Wildman–Crippen LogP) is 8.65. The summed E-state index contributed by atoms with van der Waals surface area (Å²) in [6, 6.07) is 6.23. The average molecular weight is 580 g/mol. The fourth-order valence-corrected chi connectivity index (χ4v) is 4.69. The van der Waals surface area contributed by atoms with Crippen molar-refractivity contribution in [2.24, 2.45) is 0 Å². The molecule has 0 saturated carbocycles. The van der Waals surface area contributed by atoms with E-state index in [0.29, 0.717) is 0 Å². The zero-order chi connectivity index (χ0) is 29.8. The lowest BCUT2D eigenvalue weighted by atomic mass is 10.2. The van der Waals surface area contributed by atoms with E-state index in [-0.39, 0.29) is 35.6 Å². The summed E-state index contributed by atoms with van der Waals surface area (Å²) in [5, 5.41) is 12.4. The van der Waals surface area contributed by atoms with E-state index in [9.17, 15) is 14.7 Å². The highest BCUT2D eigenvalue weighted by atomic mass is 32.2. The molecule has 0 aliphatic carbocycles. The lowest BCUT2D eigenvalue weighted by molar-refractivity contribution is -0.120. The van der Waals surface area contributed by atoms with Gasteiger partial charge < -0.3 is 15.2 Å². The number of rotatable bonds is 22. The smallest absolute Gasteiger partial charge is 0.341 e. The third-order valence-corrected chi connectivity index (χ3v) is 7.33. The molecule has 2 N–H and O–H groups in total. The van der Waals surface area contributed by atoms with Gasteiger partial charge in [0.2, 0.25) is 5.91 Å². The van der Waals surface area contributed by atoms with Gasteiger partial charge in [0, 0.05) is 0 Å². The number of esters is 1. The topological polar surface area (TPSA) is 75.6 Å². The standard InChI is InChI=1S/C35H49NO4S/c1-3-5-6-7-8-9-10-11-12-13-14-15-16-17-18-19-20-21-22-25-30-41-33(4-2)34(38)36-28-29-40-35(39)31-26-23-24-27-32(31)37/h5-6,8-9,11-12,14-15,17-18,20-21,23-24,26-27,33,37H,3-4,7,10,13,16,19,22,25,28-30H2,1-2H3,(H,36,38)/b6-5-,9-8-,12-11-,15-14-,18-17-,21-20-. The summed E-state index contributed by atoms with van der Waals surface area (Å²) in [7, 11) is 0. The van der Waals surface area contributed by atoms with Crippen LogP contribution in [0.4, 0.5) is 0 Å². The first kappa shape index (κ1) is 35.8. The highest BCUT2D eigenvalue weighted by molar-refractivity contribution is 8.00. The van der Waals surface area contributed by atoms with Gasteiger partial charge in [-0.25, -0.2) is 4.79 Å². The minimum Gasteiger partial charge on any atom is -0.507 e. The molecule has 0 heterocycles. The number of carbonyl (C=O) groups excluding carboxylic acids is 2. The molecule has 0 saturated heterocycles. The van der Waals surface area contributed by atoms with E-state index in [2.05, 4.69) is 85.2 Å². The van der Waals surface area contributed by atoms with Crippen LogP contribution in [0.15, 0.2) is 97.2 Å². The van der Waals surface area contributed by atoms with Gasteiger partial charge in [0.1, 0.15) is 17.9 Å². The fraction of sp³-hybridized carbons (Fsp3) is 0.429. The number of thioether (sulfide) groups is 1. The fourth-order valence-electron chi connectivity index (χ4n) is 3.60. The summed E-state index contributed by atoms with van der Waals surface area (Å²) >= 11 is 1.66. The second-order valence-corrected chi connectivity index (χ2v) is 10.6. The number of para-hydroxylation sites is 1. The molecule has 1 amide bonds.